The Hall–Kier alpha value is -1.33. The predicted molar refractivity (Wildman–Crippen MR) is 92.8 cm³/mol. The highest BCUT2D eigenvalue weighted by Gasteiger charge is 2.32. The van der Waals surface area contributed by atoms with Crippen molar-refractivity contribution < 1.29 is 0 Å². The van der Waals surface area contributed by atoms with Crippen molar-refractivity contribution >= 4 is 28.7 Å². The zero-order chi connectivity index (χ0) is 15.0. The lowest BCUT2D eigenvalue weighted by Gasteiger charge is -2.40. The molecular formula is C16H21N3S2. The van der Waals surface area contributed by atoms with Gasteiger partial charge in [-0.3, -0.25) is 0 Å². The third kappa shape index (κ3) is 2.99. The Morgan fingerprint density at radius 2 is 2.10 bits per heavy atom. The summed E-state index contributed by atoms with van der Waals surface area (Å²) in [5.74, 6) is 0. The second kappa shape index (κ2) is 5.46. The molecule has 1 atom stereocenters. The molecule has 3 heterocycles. The number of thiophene rings is 1. The quantitative estimate of drug-likeness (QED) is 0.811. The number of thiocarbonyl (C=S) groups is 1. The van der Waals surface area contributed by atoms with E-state index in [1.165, 1.54) is 10.6 Å². The third-order valence-electron chi connectivity index (χ3n) is 3.59. The van der Waals surface area contributed by atoms with Crippen LogP contribution in [0.2, 0.25) is 0 Å². The van der Waals surface area contributed by atoms with Gasteiger partial charge in [-0.2, -0.15) is 0 Å². The number of aromatic nitrogens is 1. The van der Waals surface area contributed by atoms with Crippen LogP contribution in [0.25, 0.3) is 0 Å². The molecule has 0 saturated heterocycles. The van der Waals surface area contributed by atoms with Gasteiger partial charge in [-0.15, -0.1) is 11.3 Å². The van der Waals surface area contributed by atoms with E-state index in [1.807, 2.05) is 0 Å². The highest BCUT2D eigenvalue weighted by molar-refractivity contribution is 7.80. The van der Waals surface area contributed by atoms with Crippen LogP contribution in [0.3, 0.4) is 0 Å². The lowest BCUT2D eigenvalue weighted by molar-refractivity contribution is 0.281. The first-order chi connectivity index (χ1) is 9.96. The van der Waals surface area contributed by atoms with Crippen LogP contribution in [-0.4, -0.2) is 26.7 Å². The fraction of sp³-hybridized carbons (Fsp3) is 0.438. The third-order valence-corrected chi connectivity index (χ3v) is 4.86. The Bertz CT molecular complexity index is 622. The summed E-state index contributed by atoms with van der Waals surface area (Å²) in [6.45, 7) is 8.35. The van der Waals surface area contributed by atoms with Crippen molar-refractivity contribution in [3.8, 4) is 0 Å². The maximum atomic E-state index is 5.69. The van der Waals surface area contributed by atoms with Crippen molar-refractivity contribution in [3.63, 3.8) is 0 Å². The molecule has 1 N–H and O–H groups in total. The van der Waals surface area contributed by atoms with Gasteiger partial charge >= 0.3 is 0 Å². The van der Waals surface area contributed by atoms with Crippen LogP contribution < -0.4 is 5.32 Å². The van der Waals surface area contributed by atoms with E-state index in [1.54, 1.807) is 11.3 Å². The molecule has 1 aliphatic heterocycles. The first-order valence-electron chi connectivity index (χ1n) is 7.23. The summed E-state index contributed by atoms with van der Waals surface area (Å²) in [6, 6.07) is 8.86. The molecular weight excluding hydrogens is 298 g/mol. The average Bonchev–Trinajstić information content (AvgIpc) is 3.06. The van der Waals surface area contributed by atoms with Crippen molar-refractivity contribution in [2.24, 2.45) is 0 Å². The molecule has 0 radical (unpaired) electrons. The summed E-state index contributed by atoms with van der Waals surface area (Å²) in [5, 5.41) is 6.43. The molecule has 21 heavy (non-hydrogen) atoms. The minimum atomic E-state index is -0.0173. The molecule has 0 aromatic carbocycles. The second-order valence-corrected chi connectivity index (χ2v) is 7.78. The van der Waals surface area contributed by atoms with Gasteiger partial charge in [0.15, 0.2) is 5.11 Å². The topological polar surface area (TPSA) is 20.2 Å². The van der Waals surface area contributed by atoms with Crippen LogP contribution in [-0.2, 0) is 6.54 Å². The summed E-state index contributed by atoms with van der Waals surface area (Å²) in [6.07, 6.45) is 2.16. The van der Waals surface area contributed by atoms with Gasteiger partial charge in [0.1, 0.15) is 6.04 Å². The Kier molecular flexibility index (Phi) is 3.80. The molecule has 0 amide bonds. The molecule has 0 bridgehead atoms. The van der Waals surface area contributed by atoms with Crippen molar-refractivity contribution in [2.45, 2.75) is 38.9 Å². The average molecular weight is 319 g/mol. The SMILES string of the molecule is CC(C)(C)NC(=S)N1CCn2cccc2[C@@H]1c1cccs1. The van der Waals surface area contributed by atoms with Gasteiger partial charge in [0.25, 0.3) is 0 Å². The molecule has 2 aromatic heterocycles. The van der Waals surface area contributed by atoms with E-state index < -0.39 is 0 Å². The van der Waals surface area contributed by atoms with Crippen LogP contribution in [0.5, 0.6) is 0 Å². The monoisotopic (exact) mass is 319 g/mol. The molecule has 2 aromatic rings. The fourth-order valence-corrected chi connectivity index (χ4v) is 4.09. The van der Waals surface area contributed by atoms with E-state index in [2.05, 4.69) is 71.4 Å². The lowest BCUT2D eigenvalue weighted by Crippen LogP contribution is -2.52. The highest BCUT2D eigenvalue weighted by atomic mass is 32.1. The van der Waals surface area contributed by atoms with E-state index in [9.17, 15) is 0 Å². The van der Waals surface area contributed by atoms with Crippen molar-refractivity contribution in [2.75, 3.05) is 6.54 Å². The largest absolute Gasteiger partial charge is 0.358 e. The van der Waals surface area contributed by atoms with Gasteiger partial charge < -0.3 is 14.8 Å². The Balaban J connectivity index is 1.95. The first-order valence-corrected chi connectivity index (χ1v) is 8.52. The summed E-state index contributed by atoms with van der Waals surface area (Å²) >= 11 is 7.48. The van der Waals surface area contributed by atoms with Gasteiger partial charge in [-0.1, -0.05) is 6.07 Å². The molecule has 0 unspecified atom stereocenters. The second-order valence-electron chi connectivity index (χ2n) is 6.42. The lowest BCUT2D eigenvalue weighted by atomic mass is 10.1. The highest BCUT2D eigenvalue weighted by Crippen LogP contribution is 2.35. The number of hydrogen-bond acceptors (Lipinski definition) is 2. The zero-order valence-corrected chi connectivity index (χ0v) is 14.3. The molecule has 1 aliphatic rings. The Labute approximate surface area is 135 Å². The Morgan fingerprint density at radius 3 is 2.76 bits per heavy atom. The Morgan fingerprint density at radius 1 is 1.29 bits per heavy atom. The van der Waals surface area contributed by atoms with E-state index in [4.69, 9.17) is 12.2 Å². The van der Waals surface area contributed by atoms with Crippen LogP contribution in [0.4, 0.5) is 0 Å². The smallest absolute Gasteiger partial charge is 0.170 e. The van der Waals surface area contributed by atoms with E-state index in [0.29, 0.717) is 0 Å². The zero-order valence-electron chi connectivity index (χ0n) is 12.7. The predicted octanol–water partition coefficient (Wildman–Crippen LogP) is 3.63. The number of nitrogens with zero attached hydrogens (tertiary/aromatic N) is 2. The summed E-state index contributed by atoms with van der Waals surface area (Å²) in [7, 11) is 0. The fourth-order valence-electron chi connectivity index (χ4n) is 2.74. The van der Waals surface area contributed by atoms with E-state index in [-0.39, 0.29) is 11.6 Å². The molecule has 5 heteroatoms. The number of fused-ring (bicyclic) bond motifs is 1. The minimum Gasteiger partial charge on any atom is -0.358 e. The molecule has 0 saturated carbocycles. The van der Waals surface area contributed by atoms with Gasteiger partial charge in [0.2, 0.25) is 0 Å². The first kappa shape index (κ1) is 14.6. The van der Waals surface area contributed by atoms with Crippen molar-refractivity contribution in [1.82, 2.24) is 14.8 Å². The maximum absolute atomic E-state index is 5.69. The summed E-state index contributed by atoms with van der Waals surface area (Å²) < 4.78 is 2.33. The van der Waals surface area contributed by atoms with Crippen LogP contribution in [0, 0.1) is 0 Å². The van der Waals surface area contributed by atoms with Gasteiger partial charge in [-0.05, 0) is 56.6 Å². The molecule has 0 spiro atoms. The number of rotatable bonds is 1. The van der Waals surface area contributed by atoms with Crippen LogP contribution >= 0.6 is 23.6 Å². The summed E-state index contributed by atoms with van der Waals surface area (Å²) in [5.41, 5.74) is 1.30. The number of hydrogen-bond donors (Lipinski definition) is 1. The maximum Gasteiger partial charge on any atom is 0.170 e. The van der Waals surface area contributed by atoms with Crippen molar-refractivity contribution in [3.05, 3.63) is 46.4 Å². The van der Waals surface area contributed by atoms with Crippen LogP contribution in [0.1, 0.15) is 37.4 Å². The molecule has 112 valence electrons. The molecule has 3 nitrogen and oxygen atoms in total. The molecule has 0 fully saturated rings. The van der Waals surface area contributed by atoms with Gasteiger partial charge in [0.05, 0.1) is 0 Å². The molecule has 3 rings (SSSR count). The van der Waals surface area contributed by atoms with Crippen LogP contribution in [0.15, 0.2) is 35.8 Å². The van der Waals surface area contributed by atoms with E-state index in [0.717, 1.165) is 18.2 Å². The minimum absolute atomic E-state index is 0.0173. The van der Waals surface area contributed by atoms with Crippen molar-refractivity contribution in [1.29, 1.82) is 0 Å². The van der Waals surface area contributed by atoms with Gasteiger partial charge in [-0.25, -0.2) is 0 Å². The van der Waals surface area contributed by atoms with E-state index >= 15 is 0 Å². The normalized spacial score (nSPS) is 18.4. The molecule has 0 aliphatic carbocycles. The number of nitrogens with one attached hydrogen (secondary N) is 1. The van der Waals surface area contributed by atoms with Gasteiger partial charge in [0, 0.05) is 35.4 Å². The summed E-state index contributed by atoms with van der Waals surface area (Å²) in [4.78, 5) is 3.66. The standard InChI is InChI=1S/C16H21N3S2/c1-16(2,3)17-15(20)19-10-9-18-8-4-6-12(18)14(19)13-7-5-11-21-13/h4-8,11,14H,9-10H2,1-3H3,(H,17,20)/t14-/m1/s1.